The van der Waals surface area contributed by atoms with Gasteiger partial charge < -0.3 is 5.11 Å². The number of hydrogen-bond donors (Lipinski definition) is 1. The highest BCUT2D eigenvalue weighted by Crippen LogP contribution is 2.13. The molecule has 1 rings (SSSR count). The van der Waals surface area contributed by atoms with Crippen LogP contribution in [0.15, 0.2) is 18.2 Å². The lowest BCUT2D eigenvalue weighted by Gasteiger charge is -2.18. The lowest BCUT2D eigenvalue weighted by atomic mass is 10.1. The van der Waals surface area contributed by atoms with Crippen molar-refractivity contribution in [1.82, 2.24) is 4.90 Å². The van der Waals surface area contributed by atoms with Gasteiger partial charge in [-0.05, 0) is 23.8 Å². The molecule has 0 unspecified atom stereocenters. The van der Waals surface area contributed by atoms with Gasteiger partial charge in [-0.3, -0.25) is 9.69 Å². The summed E-state index contributed by atoms with van der Waals surface area (Å²) in [5.41, 5.74) is 0.734. The number of rotatable bonds is 5. The highest BCUT2D eigenvalue weighted by Gasteiger charge is 2.12. The van der Waals surface area contributed by atoms with E-state index in [1.807, 2.05) is 6.07 Å². The zero-order valence-electron chi connectivity index (χ0n) is 9.56. The highest BCUT2D eigenvalue weighted by atomic mass is 19.1. The van der Waals surface area contributed by atoms with Crippen LogP contribution in [0.3, 0.4) is 0 Å². The van der Waals surface area contributed by atoms with Gasteiger partial charge in [0, 0.05) is 6.54 Å². The lowest BCUT2D eigenvalue weighted by Crippen LogP contribution is -2.30. The van der Waals surface area contributed by atoms with Crippen molar-refractivity contribution in [2.45, 2.75) is 6.54 Å². The van der Waals surface area contributed by atoms with E-state index in [0.717, 1.165) is 0 Å². The van der Waals surface area contributed by atoms with Crippen LogP contribution in [0.1, 0.15) is 11.1 Å². The summed E-state index contributed by atoms with van der Waals surface area (Å²) in [6.07, 6.45) is 5.14. The molecule has 0 saturated carbocycles. The molecule has 0 aliphatic heterocycles. The van der Waals surface area contributed by atoms with Crippen LogP contribution < -0.4 is 0 Å². The molecule has 92 valence electrons. The number of hydrogen-bond acceptors (Lipinski definition) is 3. The molecule has 1 N–H and O–H groups in total. The molecule has 0 radical (unpaired) electrons. The minimum atomic E-state index is -1.03. The Morgan fingerprint density at radius 1 is 1.56 bits per heavy atom. The topological polar surface area (TPSA) is 64.3 Å². The smallest absolute Gasteiger partial charge is 0.317 e. The first-order chi connectivity index (χ1) is 8.56. The zero-order chi connectivity index (χ0) is 13.5. The summed E-state index contributed by atoms with van der Waals surface area (Å²) in [6.45, 7) is -0.0174. The average molecular weight is 246 g/mol. The Morgan fingerprint density at radius 3 is 2.83 bits per heavy atom. The first-order valence-corrected chi connectivity index (χ1v) is 5.13. The van der Waals surface area contributed by atoms with Crippen molar-refractivity contribution in [3.05, 3.63) is 35.1 Å². The van der Waals surface area contributed by atoms with Crippen molar-refractivity contribution in [3.63, 3.8) is 0 Å². The summed E-state index contributed by atoms with van der Waals surface area (Å²) in [4.78, 5) is 12.1. The second-order valence-electron chi connectivity index (χ2n) is 3.66. The third-order valence-corrected chi connectivity index (χ3v) is 2.26. The second-order valence-corrected chi connectivity index (χ2v) is 3.66. The number of halogens is 1. The Hall–Kier alpha value is -2.37. The van der Waals surface area contributed by atoms with Crippen LogP contribution in [-0.2, 0) is 11.3 Å². The number of carbonyl (C=O) groups is 1. The largest absolute Gasteiger partial charge is 0.480 e. The van der Waals surface area contributed by atoms with E-state index in [0.29, 0.717) is 11.1 Å². The van der Waals surface area contributed by atoms with Crippen LogP contribution >= 0.6 is 0 Å². The van der Waals surface area contributed by atoms with E-state index in [1.54, 1.807) is 0 Å². The first kappa shape index (κ1) is 13.7. The number of nitriles is 1. The fraction of sp³-hybridized carbons (Fsp3) is 0.231. The molecule has 0 amide bonds. The number of aliphatic carboxylic acids is 1. The number of terminal acetylenes is 1. The number of carboxylic acid groups (broad SMARTS) is 1. The molecular weight excluding hydrogens is 235 g/mol. The van der Waals surface area contributed by atoms with E-state index < -0.39 is 11.8 Å². The third kappa shape index (κ3) is 3.89. The van der Waals surface area contributed by atoms with Crippen molar-refractivity contribution >= 4 is 5.97 Å². The molecule has 5 heteroatoms. The predicted octanol–water partition coefficient (Wildman–Crippen LogP) is 1.22. The Bertz CT molecular complexity index is 529. The number of benzene rings is 1. The summed E-state index contributed by atoms with van der Waals surface area (Å²) in [5.74, 6) is 0.832. The van der Waals surface area contributed by atoms with E-state index in [4.69, 9.17) is 16.8 Å². The highest BCUT2D eigenvalue weighted by molar-refractivity contribution is 5.69. The maximum atomic E-state index is 13.1. The average Bonchev–Trinajstić information content (AvgIpc) is 2.28. The Morgan fingerprint density at radius 2 is 2.28 bits per heavy atom. The molecular formula is C13H11FN2O2. The standard InChI is InChI=1S/C13H11FN2O2/c1-2-5-16(9-13(17)18)8-11-6-12(14)4-3-10(11)7-15/h1,3-4,6H,5,8-9H2,(H,17,18). The maximum Gasteiger partial charge on any atom is 0.317 e. The lowest BCUT2D eigenvalue weighted by molar-refractivity contribution is -0.138. The fourth-order valence-corrected chi connectivity index (χ4v) is 1.53. The van der Waals surface area contributed by atoms with Crippen molar-refractivity contribution in [3.8, 4) is 18.4 Å². The van der Waals surface area contributed by atoms with Crippen molar-refractivity contribution in [2.75, 3.05) is 13.1 Å². The molecule has 18 heavy (non-hydrogen) atoms. The number of nitrogens with zero attached hydrogens (tertiary/aromatic N) is 2. The first-order valence-electron chi connectivity index (χ1n) is 5.13. The Balaban J connectivity index is 2.93. The summed E-state index contributed by atoms with van der Waals surface area (Å²) in [6, 6.07) is 5.69. The van der Waals surface area contributed by atoms with E-state index >= 15 is 0 Å². The van der Waals surface area contributed by atoms with Gasteiger partial charge in [0.05, 0.1) is 24.7 Å². The second kappa shape index (κ2) is 6.39. The summed E-state index contributed by atoms with van der Waals surface area (Å²) in [5, 5.41) is 17.6. The zero-order valence-corrected chi connectivity index (χ0v) is 9.56. The molecule has 0 spiro atoms. The minimum Gasteiger partial charge on any atom is -0.480 e. The van der Waals surface area contributed by atoms with Gasteiger partial charge in [-0.25, -0.2) is 4.39 Å². The monoisotopic (exact) mass is 246 g/mol. The summed E-state index contributed by atoms with van der Waals surface area (Å²) in [7, 11) is 0. The van der Waals surface area contributed by atoms with E-state index in [2.05, 4.69) is 5.92 Å². The Labute approximate surface area is 104 Å². The van der Waals surface area contributed by atoms with Crippen LogP contribution in [0.2, 0.25) is 0 Å². The molecule has 1 aromatic carbocycles. The normalized spacial score (nSPS) is 9.78. The van der Waals surface area contributed by atoms with Crippen molar-refractivity contribution < 1.29 is 14.3 Å². The molecule has 0 fully saturated rings. The van der Waals surface area contributed by atoms with Gasteiger partial charge in [0.15, 0.2) is 0 Å². The van der Waals surface area contributed by atoms with E-state index in [1.165, 1.54) is 23.1 Å². The maximum absolute atomic E-state index is 13.1. The van der Waals surface area contributed by atoms with E-state index in [-0.39, 0.29) is 19.6 Å². The Kier molecular flexibility index (Phi) is 4.86. The molecule has 0 heterocycles. The van der Waals surface area contributed by atoms with Crippen LogP contribution in [0, 0.1) is 29.5 Å². The molecule has 0 aliphatic rings. The van der Waals surface area contributed by atoms with E-state index in [9.17, 15) is 9.18 Å². The van der Waals surface area contributed by atoms with Gasteiger partial charge in [0.25, 0.3) is 0 Å². The molecule has 0 aliphatic carbocycles. The van der Waals surface area contributed by atoms with Gasteiger partial charge in [-0.1, -0.05) is 5.92 Å². The van der Waals surface area contributed by atoms with Gasteiger partial charge >= 0.3 is 5.97 Å². The quantitative estimate of drug-likeness (QED) is 0.793. The third-order valence-electron chi connectivity index (χ3n) is 2.26. The van der Waals surface area contributed by atoms with Gasteiger partial charge in [-0.15, -0.1) is 6.42 Å². The van der Waals surface area contributed by atoms with Crippen LogP contribution in [-0.4, -0.2) is 29.1 Å². The van der Waals surface area contributed by atoms with Crippen LogP contribution in [0.4, 0.5) is 4.39 Å². The molecule has 0 atom stereocenters. The van der Waals surface area contributed by atoms with Gasteiger partial charge in [0.1, 0.15) is 5.82 Å². The van der Waals surface area contributed by atoms with Crippen LogP contribution in [0.25, 0.3) is 0 Å². The SMILES string of the molecule is C#CCN(CC(=O)O)Cc1cc(F)ccc1C#N. The fourth-order valence-electron chi connectivity index (χ4n) is 1.53. The molecule has 4 nitrogen and oxygen atoms in total. The van der Waals surface area contributed by atoms with Crippen molar-refractivity contribution in [1.29, 1.82) is 5.26 Å². The summed E-state index contributed by atoms with van der Waals surface area (Å²) < 4.78 is 13.1. The van der Waals surface area contributed by atoms with Gasteiger partial charge in [-0.2, -0.15) is 5.26 Å². The molecule has 0 saturated heterocycles. The predicted molar refractivity (Wildman–Crippen MR) is 62.9 cm³/mol. The molecule has 1 aromatic rings. The van der Waals surface area contributed by atoms with Crippen LogP contribution in [0.5, 0.6) is 0 Å². The molecule has 0 aromatic heterocycles. The van der Waals surface area contributed by atoms with Crippen molar-refractivity contribution in [2.24, 2.45) is 0 Å². The molecule has 0 bridgehead atoms. The number of carboxylic acids is 1. The minimum absolute atomic E-state index is 0.119. The summed E-state index contributed by atoms with van der Waals surface area (Å²) >= 11 is 0. The van der Waals surface area contributed by atoms with Gasteiger partial charge in [0.2, 0.25) is 0 Å².